The van der Waals surface area contributed by atoms with E-state index in [1.807, 2.05) is 0 Å². The Morgan fingerprint density at radius 1 is 1.22 bits per heavy atom. The summed E-state index contributed by atoms with van der Waals surface area (Å²) in [5.41, 5.74) is 0.176. The van der Waals surface area contributed by atoms with Gasteiger partial charge in [0.15, 0.2) is 0 Å². The second-order valence-corrected chi connectivity index (χ2v) is 4.24. The molecule has 0 amide bonds. The minimum absolute atomic E-state index is 0.176. The SMILES string of the molecule is C=C(C)C(=O)O.CCOOP(=O)(OC)OOCC. The molecule has 0 saturated heterocycles. The fraction of sp³-hybridized carbons (Fsp3) is 0.667. The predicted molar refractivity (Wildman–Crippen MR) is 62.5 cm³/mol. The lowest BCUT2D eigenvalue weighted by atomic mass is 10.4. The van der Waals surface area contributed by atoms with E-state index in [0.717, 1.165) is 0 Å². The molecule has 9 heteroatoms. The Morgan fingerprint density at radius 3 is 1.72 bits per heavy atom. The summed E-state index contributed by atoms with van der Waals surface area (Å²) < 4.78 is 24.2. The number of carboxylic acids is 1. The van der Waals surface area contributed by atoms with Crippen LogP contribution in [0.3, 0.4) is 0 Å². The van der Waals surface area contributed by atoms with Crippen molar-refractivity contribution in [1.82, 2.24) is 0 Å². The molecule has 0 radical (unpaired) electrons. The summed E-state index contributed by atoms with van der Waals surface area (Å²) >= 11 is 0. The molecule has 0 aliphatic heterocycles. The molecular formula is C9H19O8P. The zero-order valence-electron chi connectivity index (χ0n) is 10.9. The highest BCUT2D eigenvalue weighted by molar-refractivity contribution is 7.48. The summed E-state index contributed by atoms with van der Waals surface area (Å²) in [6.45, 7) is 8.41. The normalized spacial score (nSPS) is 10.4. The number of hydrogen-bond acceptors (Lipinski definition) is 7. The Morgan fingerprint density at radius 2 is 1.56 bits per heavy atom. The van der Waals surface area contributed by atoms with Crippen LogP contribution in [0.5, 0.6) is 0 Å². The zero-order valence-corrected chi connectivity index (χ0v) is 11.8. The topological polar surface area (TPSA) is 101 Å². The fourth-order valence-corrected chi connectivity index (χ4v) is 0.923. The molecule has 0 aromatic heterocycles. The maximum atomic E-state index is 11.2. The quantitative estimate of drug-likeness (QED) is 0.314. The van der Waals surface area contributed by atoms with E-state index in [9.17, 15) is 9.36 Å². The molecule has 0 saturated carbocycles. The standard InChI is InChI=1S/C5H13O6P.C4H6O2/c1-4-8-10-12(6,7-3)11-9-5-2;1-3(2)4(5)6/h4-5H2,1-3H3;1H2,2H3,(H,5,6). The molecule has 0 fully saturated rings. The minimum atomic E-state index is -3.68. The first kappa shape index (κ1) is 19.6. The summed E-state index contributed by atoms with van der Waals surface area (Å²) in [5, 5.41) is 7.89. The predicted octanol–water partition coefficient (Wildman–Crippen LogP) is 2.32. The molecule has 8 nitrogen and oxygen atoms in total. The third-order valence-electron chi connectivity index (χ3n) is 1.11. The van der Waals surface area contributed by atoms with Gasteiger partial charge in [0.2, 0.25) is 0 Å². The van der Waals surface area contributed by atoms with Gasteiger partial charge in [0.25, 0.3) is 0 Å². The molecule has 18 heavy (non-hydrogen) atoms. The molecule has 0 spiro atoms. The number of rotatable bonds is 8. The molecule has 0 unspecified atom stereocenters. The van der Waals surface area contributed by atoms with Crippen LogP contribution in [0.2, 0.25) is 0 Å². The number of aliphatic carboxylic acids is 1. The molecule has 0 atom stereocenters. The van der Waals surface area contributed by atoms with E-state index in [2.05, 4.69) is 30.2 Å². The van der Waals surface area contributed by atoms with E-state index in [1.54, 1.807) is 13.8 Å². The van der Waals surface area contributed by atoms with E-state index in [1.165, 1.54) is 14.0 Å². The Hall–Kier alpha value is -0.760. The van der Waals surface area contributed by atoms with Crippen LogP contribution >= 0.6 is 7.82 Å². The Kier molecular flexibility index (Phi) is 12.3. The van der Waals surface area contributed by atoms with Crippen molar-refractivity contribution in [2.24, 2.45) is 0 Å². The third kappa shape index (κ3) is 11.7. The molecule has 0 aliphatic carbocycles. The molecule has 0 aromatic carbocycles. The monoisotopic (exact) mass is 286 g/mol. The van der Waals surface area contributed by atoms with Gasteiger partial charge in [0.1, 0.15) is 0 Å². The van der Waals surface area contributed by atoms with Crippen LogP contribution < -0.4 is 0 Å². The summed E-state index contributed by atoms with van der Waals surface area (Å²) in [6.07, 6.45) is 0. The average Bonchev–Trinajstić information content (AvgIpc) is 2.34. The molecule has 0 aliphatic rings. The van der Waals surface area contributed by atoms with Crippen molar-refractivity contribution < 1.29 is 38.1 Å². The first-order chi connectivity index (χ1) is 8.32. The lowest BCUT2D eigenvalue weighted by molar-refractivity contribution is -0.277. The lowest BCUT2D eigenvalue weighted by Gasteiger charge is -2.11. The van der Waals surface area contributed by atoms with Crippen molar-refractivity contribution in [1.29, 1.82) is 0 Å². The number of carbonyl (C=O) groups is 1. The van der Waals surface area contributed by atoms with Crippen LogP contribution in [0.15, 0.2) is 12.2 Å². The largest absolute Gasteiger partial charge is 0.529 e. The number of phosphoric acid groups is 1. The lowest BCUT2D eigenvalue weighted by Crippen LogP contribution is -1.99. The van der Waals surface area contributed by atoms with Gasteiger partial charge in [-0.3, -0.25) is 4.52 Å². The van der Waals surface area contributed by atoms with Gasteiger partial charge in [0.05, 0.1) is 13.2 Å². The zero-order chi connectivity index (χ0) is 14.6. The van der Waals surface area contributed by atoms with Crippen molar-refractivity contribution in [3.05, 3.63) is 12.2 Å². The second-order valence-electron chi connectivity index (χ2n) is 2.68. The van der Waals surface area contributed by atoms with E-state index < -0.39 is 13.8 Å². The highest BCUT2D eigenvalue weighted by Gasteiger charge is 2.27. The average molecular weight is 286 g/mol. The van der Waals surface area contributed by atoms with Gasteiger partial charge >= 0.3 is 13.8 Å². The van der Waals surface area contributed by atoms with Gasteiger partial charge in [-0.05, 0) is 20.8 Å². The molecule has 0 heterocycles. The van der Waals surface area contributed by atoms with Crippen LogP contribution in [-0.2, 0) is 33.0 Å². The third-order valence-corrected chi connectivity index (χ3v) is 2.14. The van der Waals surface area contributed by atoms with Crippen LogP contribution in [0.25, 0.3) is 0 Å². The molecule has 1 N–H and O–H groups in total. The van der Waals surface area contributed by atoms with E-state index in [0.29, 0.717) is 0 Å². The van der Waals surface area contributed by atoms with Crippen molar-refractivity contribution in [2.45, 2.75) is 20.8 Å². The fourth-order valence-electron chi connectivity index (χ4n) is 0.308. The van der Waals surface area contributed by atoms with Gasteiger partial charge in [-0.25, -0.2) is 19.1 Å². The van der Waals surface area contributed by atoms with Crippen molar-refractivity contribution in [3.8, 4) is 0 Å². The molecule has 0 bridgehead atoms. The second kappa shape index (κ2) is 11.3. The van der Waals surface area contributed by atoms with Gasteiger partial charge in [-0.15, -0.1) is 9.35 Å². The Balaban J connectivity index is 0. The van der Waals surface area contributed by atoms with Crippen LogP contribution in [0, 0.1) is 0 Å². The summed E-state index contributed by atoms with van der Waals surface area (Å²) in [6, 6.07) is 0. The highest BCUT2D eigenvalue weighted by atomic mass is 31.2. The van der Waals surface area contributed by atoms with Crippen LogP contribution in [0.4, 0.5) is 0 Å². The van der Waals surface area contributed by atoms with Gasteiger partial charge in [0, 0.05) is 12.7 Å². The van der Waals surface area contributed by atoms with E-state index in [4.69, 9.17) is 5.11 Å². The molecule has 0 aromatic rings. The number of hydrogen-bond donors (Lipinski definition) is 1. The van der Waals surface area contributed by atoms with Crippen LogP contribution in [-0.4, -0.2) is 31.4 Å². The maximum Gasteiger partial charge on any atom is 0.529 e. The van der Waals surface area contributed by atoms with Crippen LogP contribution in [0.1, 0.15) is 20.8 Å². The first-order valence-corrected chi connectivity index (χ1v) is 6.46. The van der Waals surface area contributed by atoms with Gasteiger partial charge in [-0.1, -0.05) is 6.58 Å². The Bertz CT molecular complexity index is 266. The minimum Gasteiger partial charge on any atom is -0.478 e. The summed E-state index contributed by atoms with van der Waals surface area (Å²) in [4.78, 5) is 18.4. The molecular weight excluding hydrogens is 267 g/mol. The smallest absolute Gasteiger partial charge is 0.478 e. The van der Waals surface area contributed by atoms with Gasteiger partial charge in [-0.2, -0.15) is 0 Å². The van der Waals surface area contributed by atoms with Crippen molar-refractivity contribution in [3.63, 3.8) is 0 Å². The van der Waals surface area contributed by atoms with Crippen molar-refractivity contribution >= 4 is 13.8 Å². The van der Waals surface area contributed by atoms with E-state index in [-0.39, 0.29) is 18.8 Å². The summed E-state index contributed by atoms with van der Waals surface area (Å²) in [7, 11) is -2.51. The van der Waals surface area contributed by atoms with Crippen molar-refractivity contribution in [2.75, 3.05) is 20.3 Å². The molecule has 108 valence electrons. The number of carboxylic acid groups (broad SMARTS) is 1. The van der Waals surface area contributed by atoms with E-state index >= 15 is 0 Å². The Labute approximate surface area is 106 Å². The summed E-state index contributed by atoms with van der Waals surface area (Å²) in [5.74, 6) is -0.935. The maximum absolute atomic E-state index is 11.2. The first-order valence-electron chi connectivity index (χ1n) is 4.99. The highest BCUT2D eigenvalue weighted by Crippen LogP contribution is 2.48. The molecule has 0 rings (SSSR count). The van der Waals surface area contributed by atoms with Gasteiger partial charge < -0.3 is 5.11 Å².